The third-order valence-electron chi connectivity index (χ3n) is 3.70. The lowest BCUT2D eigenvalue weighted by Crippen LogP contribution is -2.39. The summed E-state index contributed by atoms with van der Waals surface area (Å²) in [6.45, 7) is 3.83. The average Bonchev–Trinajstić information content (AvgIpc) is 2.91. The van der Waals surface area contributed by atoms with Crippen molar-refractivity contribution in [1.29, 1.82) is 0 Å². The van der Waals surface area contributed by atoms with Crippen molar-refractivity contribution in [3.05, 3.63) is 53.3 Å². The second-order valence-electron chi connectivity index (χ2n) is 5.53. The standard InChI is InChI=1S/C17H25N5.HI/c1-14-7-5-6-8-16(14)13-21(3)17(18-2)19-10-9-15-11-20-22(4)12-15;/h5-8,11-12H,9-10,13H2,1-4H3,(H,18,19);1H. The molecule has 0 bridgehead atoms. The molecule has 1 aromatic heterocycles. The molecule has 0 atom stereocenters. The molecule has 0 amide bonds. The molecular formula is C17H26IN5. The number of rotatable bonds is 5. The summed E-state index contributed by atoms with van der Waals surface area (Å²) in [5.41, 5.74) is 3.85. The fourth-order valence-corrected chi connectivity index (χ4v) is 2.42. The maximum absolute atomic E-state index is 4.36. The first kappa shape index (κ1) is 19.5. The van der Waals surface area contributed by atoms with E-state index in [4.69, 9.17) is 0 Å². The number of hydrogen-bond donors (Lipinski definition) is 1. The van der Waals surface area contributed by atoms with Gasteiger partial charge in [0.1, 0.15) is 0 Å². The van der Waals surface area contributed by atoms with Crippen molar-refractivity contribution < 1.29 is 0 Å². The monoisotopic (exact) mass is 427 g/mol. The highest BCUT2D eigenvalue weighted by molar-refractivity contribution is 14.0. The largest absolute Gasteiger partial charge is 0.356 e. The van der Waals surface area contributed by atoms with E-state index in [1.54, 1.807) is 0 Å². The molecule has 1 N–H and O–H groups in total. The first-order chi connectivity index (χ1) is 10.6. The minimum atomic E-state index is 0. The third kappa shape index (κ3) is 5.85. The van der Waals surface area contributed by atoms with Gasteiger partial charge in [-0.15, -0.1) is 24.0 Å². The quantitative estimate of drug-likeness (QED) is 0.454. The fraction of sp³-hybridized carbons (Fsp3) is 0.412. The van der Waals surface area contributed by atoms with Gasteiger partial charge in [-0.1, -0.05) is 24.3 Å². The van der Waals surface area contributed by atoms with Crippen LogP contribution in [0.1, 0.15) is 16.7 Å². The Balaban J connectivity index is 0.00000264. The third-order valence-corrected chi connectivity index (χ3v) is 3.70. The smallest absolute Gasteiger partial charge is 0.193 e. The van der Waals surface area contributed by atoms with Crippen LogP contribution in [0.5, 0.6) is 0 Å². The molecule has 0 unspecified atom stereocenters. The van der Waals surface area contributed by atoms with Gasteiger partial charge in [-0.25, -0.2) is 0 Å². The van der Waals surface area contributed by atoms with Gasteiger partial charge in [0.2, 0.25) is 0 Å². The van der Waals surface area contributed by atoms with Crippen molar-refractivity contribution in [1.82, 2.24) is 20.0 Å². The maximum Gasteiger partial charge on any atom is 0.193 e. The summed E-state index contributed by atoms with van der Waals surface area (Å²) in [7, 11) is 5.82. The molecule has 1 aromatic carbocycles. The molecule has 0 saturated heterocycles. The zero-order chi connectivity index (χ0) is 15.9. The van der Waals surface area contributed by atoms with Crippen molar-refractivity contribution >= 4 is 29.9 Å². The van der Waals surface area contributed by atoms with Crippen LogP contribution in [0, 0.1) is 6.92 Å². The minimum Gasteiger partial charge on any atom is -0.356 e. The second kappa shape index (κ2) is 9.54. The van der Waals surface area contributed by atoms with Crippen LogP contribution >= 0.6 is 24.0 Å². The lowest BCUT2D eigenvalue weighted by Gasteiger charge is -2.23. The molecule has 0 aliphatic heterocycles. The zero-order valence-electron chi connectivity index (χ0n) is 14.3. The number of hydrogen-bond acceptors (Lipinski definition) is 2. The van der Waals surface area contributed by atoms with Crippen molar-refractivity contribution in [3.63, 3.8) is 0 Å². The second-order valence-corrected chi connectivity index (χ2v) is 5.53. The Kier molecular flexibility index (Phi) is 8.08. The highest BCUT2D eigenvalue weighted by Crippen LogP contribution is 2.09. The number of benzene rings is 1. The van der Waals surface area contributed by atoms with Crippen LogP contribution in [0.25, 0.3) is 0 Å². The fourth-order valence-electron chi connectivity index (χ4n) is 2.42. The van der Waals surface area contributed by atoms with Crippen LogP contribution in [0.2, 0.25) is 0 Å². The summed E-state index contributed by atoms with van der Waals surface area (Å²) in [4.78, 5) is 6.51. The zero-order valence-corrected chi connectivity index (χ0v) is 16.6. The molecule has 2 aromatic rings. The molecule has 0 spiro atoms. The number of halogens is 1. The van der Waals surface area contributed by atoms with Crippen LogP contribution < -0.4 is 5.32 Å². The van der Waals surface area contributed by atoms with E-state index in [-0.39, 0.29) is 24.0 Å². The topological polar surface area (TPSA) is 45.5 Å². The maximum atomic E-state index is 4.36. The van der Waals surface area contributed by atoms with Crippen molar-refractivity contribution in [3.8, 4) is 0 Å². The van der Waals surface area contributed by atoms with Gasteiger partial charge in [-0.05, 0) is 30.0 Å². The van der Waals surface area contributed by atoms with Gasteiger partial charge in [-0.2, -0.15) is 5.10 Å². The lowest BCUT2D eigenvalue weighted by atomic mass is 10.1. The van der Waals surface area contributed by atoms with Gasteiger partial charge in [-0.3, -0.25) is 9.67 Å². The van der Waals surface area contributed by atoms with E-state index in [2.05, 4.69) is 58.5 Å². The molecule has 126 valence electrons. The van der Waals surface area contributed by atoms with E-state index in [1.807, 2.05) is 31.2 Å². The molecule has 2 rings (SSSR count). The van der Waals surface area contributed by atoms with Crippen LogP contribution in [-0.2, 0) is 20.0 Å². The van der Waals surface area contributed by atoms with Crippen molar-refractivity contribution in [2.75, 3.05) is 20.6 Å². The Morgan fingerprint density at radius 2 is 2.09 bits per heavy atom. The summed E-state index contributed by atoms with van der Waals surface area (Å²) in [5.74, 6) is 0.909. The highest BCUT2D eigenvalue weighted by Gasteiger charge is 2.07. The van der Waals surface area contributed by atoms with Crippen LogP contribution in [0.15, 0.2) is 41.7 Å². The van der Waals surface area contributed by atoms with E-state index in [1.165, 1.54) is 16.7 Å². The number of aromatic nitrogens is 2. The number of nitrogens with one attached hydrogen (secondary N) is 1. The number of guanidine groups is 1. The number of nitrogens with zero attached hydrogens (tertiary/aromatic N) is 4. The summed E-state index contributed by atoms with van der Waals surface area (Å²) < 4.78 is 1.83. The molecule has 0 fully saturated rings. The summed E-state index contributed by atoms with van der Waals surface area (Å²) in [6, 6.07) is 8.45. The van der Waals surface area contributed by atoms with Gasteiger partial charge in [0, 0.05) is 40.4 Å². The summed E-state index contributed by atoms with van der Waals surface area (Å²) >= 11 is 0. The van der Waals surface area contributed by atoms with Crippen LogP contribution in [-0.4, -0.2) is 41.3 Å². The molecule has 1 heterocycles. The van der Waals surface area contributed by atoms with Gasteiger partial charge in [0.05, 0.1) is 6.20 Å². The molecule has 0 aliphatic rings. The van der Waals surface area contributed by atoms with Crippen LogP contribution in [0.3, 0.4) is 0 Å². The van der Waals surface area contributed by atoms with E-state index in [0.29, 0.717) is 0 Å². The van der Waals surface area contributed by atoms with E-state index >= 15 is 0 Å². The SMILES string of the molecule is CN=C(NCCc1cnn(C)c1)N(C)Cc1ccccc1C.I. The average molecular weight is 427 g/mol. The normalized spacial score (nSPS) is 11.0. The van der Waals surface area contributed by atoms with E-state index in [0.717, 1.165) is 25.5 Å². The highest BCUT2D eigenvalue weighted by atomic mass is 127. The Morgan fingerprint density at radius 1 is 1.35 bits per heavy atom. The lowest BCUT2D eigenvalue weighted by molar-refractivity contribution is 0.476. The van der Waals surface area contributed by atoms with Gasteiger partial charge < -0.3 is 10.2 Å². The van der Waals surface area contributed by atoms with Crippen LogP contribution in [0.4, 0.5) is 0 Å². The van der Waals surface area contributed by atoms with Crippen molar-refractivity contribution in [2.24, 2.45) is 12.0 Å². The summed E-state index contributed by atoms with van der Waals surface area (Å²) in [6.07, 6.45) is 4.88. The minimum absolute atomic E-state index is 0. The number of aliphatic imine (C=N–C) groups is 1. The Bertz CT molecular complexity index is 635. The van der Waals surface area contributed by atoms with Gasteiger partial charge in [0.25, 0.3) is 0 Å². The number of aryl methyl sites for hydroxylation is 2. The van der Waals surface area contributed by atoms with Crippen molar-refractivity contribution in [2.45, 2.75) is 19.9 Å². The Labute approximate surface area is 155 Å². The van der Waals surface area contributed by atoms with Gasteiger partial charge >= 0.3 is 0 Å². The molecule has 0 aliphatic carbocycles. The first-order valence-electron chi connectivity index (χ1n) is 7.54. The molecule has 0 radical (unpaired) electrons. The van der Waals surface area contributed by atoms with E-state index in [9.17, 15) is 0 Å². The molecule has 23 heavy (non-hydrogen) atoms. The Hall–Kier alpha value is -1.57. The van der Waals surface area contributed by atoms with Gasteiger partial charge in [0.15, 0.2) is 5.96 Å². The predicted molar refractivity (Wildman–Crippen MR) is 106 cm³/mol. The first-order valence-corrected chi connectivity index (χ1v) is 7.54. The molecular weight excluding hydrogens is 401 g/mol. The Morgan fingerprint density at radius 3 is 2.70 bits per heavy atom. The summed E-state index contributed by atoms with van der Waals surface area (Å²) in [5, 5.41) is 7.59. The van der Waals surface area contributed by atoms with E-state index < -0.39 is 0 Å². The molecule has 0 saturated carbocycles. The molecule has 6 heteroatoms. The molecule has 5 nitrogen and oxygen atoms in total. The predicted octanol–water partition coefficient (Wildman–Crippen LogP) is 2.60.